The van der Waals surface area contributed by atoms with E-state index in [1.807, 2.05) is 27.2 Å². The van der Waals surface area contributed by atoms with Gasteiger partial charge in [-0.3, -0.25) is 9.36 Å². The molecule has 2 N–H and O–H groups in total. The van der Waals surface area contributed by atoms with E-state index in [1.165, 1.54) is 89.9 Å². The summed E-state index contributed by atoms with van der Waals surface area (Å²) in [6, 6.07) is -0.929. The number of nitrogens with one attached hydrogen (secondary N) is 1. The van der Waals surface area contributed by atoms with Gasteiger partial charge in [0.05, 0.1) is 39.9 Å². The average molecular weight is 1090 g/mol. The maximum atomic E-state index is 13.0. The standard InChI is InChI=1S/C68H115N2O6P/c1-6-8-10-12-14-16-18-20-22-24-26-28-29-30-31-32-33-34-35-36-37-38-39-40-41-42-44-46-48-50-52-54-56-58-60-62-68(72)69-66(65-76-77(73,74)75-64-63-70(3,4)5)67(71)61-59-57-55-53-51-49-47-45-43-27-25-23-21-19-17-15-13-11-9-7-2/h8,10,14,16,20,22,26,28,30-31,33-34,36-37,39-40,42,44,48,50-51,53,59,61,66-67,71H,6-7,9,11-13,15,17-19,21,23-25,27,29,32,35,38,41,43,45-47,49,52,54-58,60,62-65H2,1-5H3,(H-,69,72,73,74)/b10-8-,16-14-,22-20-,28-26-,31-30-,34-33-,37-36-,40-39-,44-42-,50-48-,53-51+,61-59+. The van der Waals surface area contributed by atoms with Gasteiger partial charge in [-0.2, -0.15) is 0 Å². The van der Waals surface area contributed by atoms with Gasteiger partial charge < -0.3 is 28.8 Å². The van der Waals surface area contributed by atoms with Gasteiger partial charge in [-0.05, 0) is 109 Å². The van der Waals surface area contributed by atoms with Crippen LogP contribution in [0.4, 0.5) is 0 Å². The largest absolute Gasteiger partial charge is 0.756 e. The van der Waals surface area contributed by atoms with Gasteiger partial charge in [0.15, 0.2) is 0 Å². The van der Waals surface area contributed by atoms with Crippen LogP contribution < -0.4 is 10.2 Å². The molecule has 0 aliphatic heterocycles. The first-order valence-corrected chi connectivity index (χ1v) is 32.2. The van der Waals surface area contributed by atoms with Crippen molar-refractivity contribution >= 4 is 13.7 Å². The van der Waals surface area contributed by atoms with Crippen molar-refractivity contribution in [2.75, 3.05) is 40.9 Å². The molecule has 3 unspecified atom stereocenters. The first-order chi connectivity index (χ1) is 37.5. The normalized spacial score (nSPS) is 14.8. The Balaban J connectivity index is 4.31. The van der Waals surface area contributed by atoms with Crippen LogP contribution in [0.5, 0.6) is 0 Å². The fourth-order valence-electron chi connectivity index (χ4n) is 8.02. The molecule has 0 spiro atoms. The molecule has 8 nitrogen and oxygen atoms in total. The molecule has 0 bridgehead atoms. The lowest BCUT2D eigenvalue weighted by Crippen LogP contribution is -2.45. The second-order valence-electron chi connectivity index (χ2n) is 21.3. The summed E-state index contributed by atoms with van der Waals surface area (Å²) in [4.78, 5) is 25.5. The molecule has 3 atom stereocenters. The molecule has 77 heavy (non-hydrogen) atoms. The number of aliphatic hydroxyl groups excluding tert-OH is 1. The van der Waals surface area contributed by atoms with E-state index in [2.05, 4.69) is 153 Å². The van der Waals surface area contributed by atoms with Crippen LogP contribution in [0.2, 0.25) is 0 Å². The second kappa shape index (κ2) is 57.1. The summed E-state index contributed by atoms with van der Waals surface area (Å²) in [5.74, 6) is -0.237. The topological polar surface area (TPSA) is 108 Å². The SMILES string of the molecule is CC/C=C\C/C=C\C/C=C\C/C=C\C/C=C\C/C=C\C/C=C\C/C=C\C/C=C\C/C=C\CCCCCCC(=O)NC(COP(=O)([O-])OCC[N+](C)(C)C)C(O)/C=C/CC/C=C/CCCCCCCCCCCCCCCC. The summed E-state index contributed by atoms with van der Waals surface area (Å²) >= 11 is 0. The number of phosphoric acid groups is 1. The van der Waals surface area contributed by atoms with Crippen molar-refractivity contribution in [3.8, 4) is 0 Å². The van der Waals surface area contributed by atoms with Gasteiger partial charge in [-0.15, -0.1) is 0 Å². The van der Waals surface area contributed by atoms with Crippen molar-refractivity contribution in [3.63, 3.8) is 0 Å². The zero-order valence-electron chi connectivity index (χ0n) is 49.8. The van der Waals surface area contributed by atoms with E-state index in [1.54, 1.807) is 6.08 Å². The van der Waals surface area contributed by atoms with E-state index in [0.29, 0.717) is 23.9 Å². The van der Waals surface area contributed by atoms with Crippen LogP contribution in [0, 0.1) is 0 Å². The predicted octanol–water partition coefficient (Wildman–Crippen LogP) is 18.6. The number of hydrogen-bond acceptors (Lipinski definition) is 6. The Morgan fingerprint density at radius 2 is 0.805 bits per heavy atom. The van der Waals surface area contributed by atoms with Gasteiger partial charge >= 0.3 is 0 Å². The highest BCUT2D eigenvalue weighted by molar-refractivity contribution is 7.45. The summed E-state index contributed by atoms with van der Waals surface area (Å²) in [5.41, 5.74) is 0. The van der Waals surface area contributed by atoms with E-state index in [9.17, 15) is 19.4 Å². The Hall–Kier alpha value is -3.62. The molecule has 0 aromatic heterocycles. The first-order valence-electron chi connectivity index (χ1n) is 30.7. The van der Waals surface area contributed by atoms with Crippen molar-refractivity contribution in [3.05, 3.63) is 146 Å². The number of unbranched alkanes of at least 4 members (excludes halogenated alkanes) is 19. The lowest BCUT2D eigenvalue weighted by atomic mass is 10.0. The molecule has 0 saturated carbocycles. The fourth-order valence-corrected chi connectivity index (χ4v) is 8.74. The fraction of sp³-hybridized carbons (Fsp3) is 0.632. The summed E-state index contributed by atoms with van der Waals surface area (Å²) in [6.45, 7) is 4.48. The minimum Gasteiger partial charge on any atom is -0.756 e. The van der Waals surface area contributed by atoms with Crippen LogP contribution in [0.25, 0.3) is 0 Å². The Morgan fingerprint density at radius 3 is 1.21 bits per heavy atom. The summed E-state index contributed by atoms with van der Waals surface area (Å²) < 4.78 is 23.3. The Bertz CT molecular complexity index is 1760. The molecule has 0 rings (SSSR count). The minimum absolute atomic E-state index is 0.0197. The number of carbonyl (C=O) groups is 1. The smallest absolute Gasteiger partial charge is 0.268 e. The lowest BCUT2D eigenvalue weighted by molar-refractivity contribution is -0.870. The van der Waals surface area contributed by atoms with Crippen LogP contribution >= 0.6 is 7.82 Å². The summed E-state index contributed by atoms with van der Waals surface area (Å²) in [7, 11) is 1.20. The molecule has 9 heteroatoms. The number of phosphoric ester groups is 1. The van der Waals surface area contributed by atoms with Gasteiger partial charge in [0.1, 0.15) is 13.2 Å². The second-order valence-corrected chi connectivity index (χ2v) is 22.7. The van der Waals surface area contributed by atoms with Crippen molar-refractivity contribution in [1.82, 2.24) is 5.32 Å². The molecule has 0 aromatic rings. The molecule has 0 aromatic carbocycles. The first kappa shape index (κ1) is 73.4. The van der Waals surface area contributed by atoms with Crippen LogP contribution in [0.1, 0.15) is 226 Å². The van der Waals surface area contributed by atoms with E-state index in [-0.39, 0.29) is 12.5 Å². The van der Waals surface area contributed by atoms with Crippen LogP contribution in [0.3, 0.4) is 0 Å². The number of rotatable bonds is 54. The third-order valence-electron chi connectivity index (χ3n) is 12.8. The van der Waals surface area contributed by atoms with E-state index < -0.39 is 26.6 Å². The molecule has 0 fully saturated rings. The molecule has 0 aliphatic carbocycles. The number of likely N-dealkylation sites (N-methyl/N-ethyl adjacent to an activating group) is 1. The number of quaternary nitrogens is 1. The summed E-state index contributed by atoms with van der Waals surface area (Å²) in [5, 5.41) is 13.9. The van der Waals surface area contributed by atoms with Gasteiger partial charge in [-0.1, -0.05) is 256 Å². The predicted molar refractivity (Wildman–Crippen MR) is 334 cm³/mol. The highest BCUT2D eigenvalue weighted by Crippen LogP contribution is 2.38. The highest BCUT2D eigenvalue weighted by atomic mass is 31.2. The zero-order chi connectivity index (χ0) is 56.3. The number of nitrogens with zero attached hydrogens (tertiary/aromatic N) is 1. The number of amides is 1. The maximum absolute atomic E-state index is 13.0. The molecule has 0 heterocycles. The van der Waals surface area contributed by atoms with E-state index in [4.69, 9.17) is 9.05 Å². The van der Waals surface area contributed by atoms with E-state index >= 15 is 0 Å². The van der Waals surface area contributed by atoms with Gasteiger partial charge in [-0.25, -0.2) is 0 Å². The molecule has 1 amide bonds. The molecular weight excluding hydrogens is 972 g/mol. The van der Waals surface area contributed by atoms with Gasteiger partial charge in [0, 0.05) is 6.42 Å². The van der Waals surface area contributed by atoms with Crippen molar-refractivity contribution in [2.45, 2.75) is 238 Å². The Morgan fingerprint density at radius 1 is 0.468 bits per heavy atom. The third-order valence-corrected chi connectivity index (χ3v) is 13.7. The molecule has 0 aliphatic rings. The minimum atomic E-state index is -4.63. The van der Waals surface area contributed by atoms with E-state index in [0.717, 1.165) is 109 Å². The Labute approximate surface area is 474 Å². The van der Waals surface area contributed by atoms with Crippen LogP contribution in [-0.2, 0) is 18.4 Å². The quantitative estimate of drug-likeness (QED) is 0.0272. The molecular formula is C68H115N2O6P. The number of aliphatic hydroxyl groups is 1. The number of carbonyl (C=O) groups excluding carboxylic acids is 1. The van der Waals surface area contributed by atoms with Gasteiger partial charge in [0.2, 0.25) is 5.91 Å². The van der Waals surface area contributed by atoms with Crippen LogP contribution in [0.15, 0.2) is 146 Å². The van der Waals surface area contributed by atoms with Crippen molar-refractivity contribution in [1.29, 1.82) is 0 Å². The van der Waals surface area contributed by atoms with Crippen molar-refractivity contribution < 1.29 is 32.9 Å². The van der Waals surface area contributed by atoms with Gasteiger partial charge in [0.25, 0.3) is 7.82 Å². The maximum Gasteiger partial charge on any atom is 0.268 e. The molecule has 438 valence electrons. The Kier molecular flexibility index (Phi) is 54.4. The highest BCUT2D eigenvalue weighted by Gasteiger charge is 2.23. The van der Waals surface area contributed by atoms with Crippen LogP contribution in [-0.4, -0.2) is 68.5 Å². The average Bonchev–Trinajstić information content (AvgIpc) is 3.39. The molecule has 0 saturated heterocycles. The van der Waals surface area contributed by atoms with Crippen molar-refractivity contribution in [2.24, 2.45) is 0 Å². The zero-order valence-corrected chi connectivity index (χ0v) is 50.7. The number of allylic oxidation sites excluding steroid dienone is 23. The molecule has 0 radical (unpaired) electrons. The summed E-state index contributed by atoms with van der Waals surface area (Å²) in [6.07, 6.45) is 87.9. The number of hydrogen-bond donors (Lipinski definition) is 2. The lowest BCUT2D eigenvalue weighted by Gasteiger charge is -2.29. The third kappa shape index (κ3) is 59.9. The monoisotopic (exact) mass is 1090 g/mol.